The minimum Gasteiger partial charge on any atom is -0.334 e. The van der Waals surface area contributed by atoms with Gasteiger partial charge in [-0.3, -0.25) is 4.68 Å². The van der Waals surface area contributed by atoms with Crippen molar-refractivity contribution in [3.63, 3.8) is 0 Å². The van der Waals surface area contributed by atoms with Crippen molar-refractivity contribution < 1.29 is 0 Å². The number of imidazole rings is 1. The molecular weight excluding hydrogens is 308 g/mol. The van der Waals surface area contributed by atoms with Gasteiger partial charge in [0.25, 0.3) is 0 Å². The van der Waals surface area contributed by atoms with E-state index in [4.69, 9.17) is 0 Å². The van der Waals surface area contributed by atoms with E-state index in [0.717, 1.165) is 28.1 Å². The highest BCUT2D eigenvalue weighted by Crippen LogP contribution is 2.23. The van der Waals surface area contributed by atoms with Crippen molar-refractivity contribution >= 4 is 33.1 Å². The zero-order valence-corrected chi connectivity index (χ0v) is 12.2. The average Bonchev–Trinajstić information content (AvgIpc) is 2.95. The van der Waals surface area contributed by atoms with E-state index in [1.807, 2.05) is 30.0 Å². The number of aryl methyl sites for hydroxylation is 2. The molecule has 1 N–H and O–H groups in total. The minimum atomic E-state index is 0.710. The van der Waals surface area contributed by atoms with E-state index >= 15 is 0 Å². The van der Waals surface area contributed by atoms with Gasteiger partial charge >= 0.3 is 0 Å². The minimum absolute atomic E-state index is 0.710. The summed E-state index contributed by atoms with van der Waals surface area (Å²) in [7, 11) is 1.91. The van der Waals surface area contributed by atoms with Crippen LogP contribution in [0.2, 0.25) is 0 Å². The number of nitrogens with one attached hydrogen (secondary N) is 1. The van der Waals surface area contributed by atoms with Gasteiger partial charge in [0.15, 0.2) is 11.5 Å². The molecule has 0 saturated heterocycles. The van der Waals surface area contributed by atoms with Crippen molar-refractivity contribution in [1.29, 1.82) is 0 Å². The van der Waals surface area contributed by atoms with Crippen molar-refractivity contribution in [3.8, 4) is 0 Å². The predicted octanol–water partition coefficient (Wildman–Crippen LogP) is 2.53. The van der Waals surface area contributed by atoms with Crippen LogP contribution in [0.15, 0.2) is 29.4 Å². The van der Waals surface area contributed by atoms with E-state index in [1.54, 1.807) is 10.9 Å². The SMILES string of the molecule is CCc1nn(C)cc1Nc1nc(Br)cn2ccnc12. The summed E-state index contributed by atoms with van der Waals surface area (Å²) in [5.74, 6) is 0.710. The Kier molecular flexibility index (Phi) is 2.98. The summed E-state index contributed by atoms with van der Waals surface area (Å²) in [6.45, 7) is 2.08. The molecule has 0 unspecified atom stereocenters. The van der Waals surface area contributed by atoms with Gasteiger partial charge in [0.05, 0.1) is 11.4 Å². The first-order valence-electron chi connectivity index (χ1n) is 5.96. The van der Waals surface area contributed by atoms with E-state index < -0.39 is 0 Å². The fraction of sp³-hybridized carbons (Fsp3) is 0.250. The standard InChI is InChI=1S/C12H13BrN6/c1-3-8-9(6-18(2)17-8)15-11-12-14-4-5-19(12)7-10(13)16-11/h4-7H,3H2,1-2H3,(H,15,16). The summed E-state index contributed by atoms with van der Waals surface area (Å²) in [4.78, 5) is 8.75. The van der Waals surface area contributed by atoms with Gasteiger partial charge in [0, 0.05) is 31.8 Å². The molecular formula is C12H13BrN6. The highest BCUT2D eigenvalue weighted by atomic mass is 79.9. The third-order valence-electron chi connectivity index (χ3n) is 2.84. The monoisotopic (exact) mass is 320 g/mol. The first kappa shape index (κ1) is 12.2. The molecule has 0 aromatic carbocycles. The summed E-state index contributed by atoms with van der Waals surface area (Å²) in [6, 6.07) is 0. The van der Waals surface area contributed by atoms with Crippen molar-refractivity contribution in [2.24, 2.45) is 7.05 Å². The number of fused-ring (bicyclic) bond motifs is 1. The van der Waals surface area contributed by atoms with Crippen LogP contribution < -0.4 is 5.32 Å². The largest absolute Gasteiger partial charge is 0.334 e. The van der Waals surface area contributed by atoms with Crippen molar-refractivity contribution in [2.75, 3.05) is 5.32 Å². The van der Waals surface area contributed by atoms with Gasteiger partial charge in [-0.2, -0.15) is 5.10 Å². The predicted molar refractivity (Wildman–Crippen MR) is 76.6 cm³/mol. The van der Waals surface area contributed by atoms with Crippen LogP contribution in [0.4, 0.5) is 11.5 Å². The summed E-state index contributed by atoms with van der Waals surface area (Å²) in [6.07, 6.45) is 8.32. The Hall–Kier alpha value is -1.89. The summed E-state index contributed by atoms with van der Waals surface area (Å²) >= 11 is 3.40. The Morgan fingerprint density at radius 2 is 2.21 bits per heavy atom. The molecule has 6 nitrogen and oxygen atoms in total. The summed E-state index contributed by atoms with van der Waals surface area (Å²) in [5.41, 5.74) is 2.75. The molecule has 0 saturated carbocycles. The van der Waals surface area contributed by atoms with E-state index in [2.05, 4.69) is 43.2 Å². The second kappa shape index (κ2) is 4.65. The normalized spacial score (nSPS) is 11.1. The lowest BCUT2D eigenvalue weighted by Crippen LogP contribution is -2.00. The molecule has 19 heavy (non-hydrogen) atoms. The molecule has 3 rings (SSSR count). The van der Waals surface area contributed by atoms with E-state index in [0.29, 0.717) is 5.82 Å². The fourth-order valence-corrected chi connectivity index (χ4v) is 2.41. The number of nitrogens with zero attached hydrogens (tertiary/aromatic N) is 5. The molecule has 0 aliphatic heterocycles. The van der Waals surface area contributed by atoms with Crippen LogP contribution in [-0.4, -0.2) is 24.1 Å². The van der Waals surface area contributed by atoms with E-state index in [-0.39, 0.29) is 0 Å². The maximum atomic E-state index is 4.44. The van der Waals surface area contributed by atoms with Gasteiger partial charge in [-0.1, -0.05) is 6.92 Å². The smallest absolute Gasteiger partial charge is 0.180 e. The molecule has 0 atom stereocenters. The molecule has 0 fully saturated rings. The summed E-state index contributed by atoms with van der Waals surface area (Å²) < 4.78 is 4.46. The number of hydrogen-bond acceptors (Lipinski definition) is 4. The third-order valence-corrected chi connectivity index (χ3v) is 3.22. The maximum absolute atomic E-state index is 4.44. The van der Waals surface area contributed by atoms with Gasteiger partial charge in [-0.25, -0.2) is 9.97 Å². The number of anilines is 2. The van der Waals surface area contributed by atoms with Crippen molar-refractivity contribution in [3.05, 3.63) is 35.1 Å². The molecule has 0 bridgehead atoms. The Bertz CT molecular complexity index is 729. The number of aromatic nitrogens is 5. The van der Waals surface area contributed by atoms with Crippen molar-refractivity contribution in [2.45, 2.75) is 13.3 Å². The van der Waals surface area contributed by atoms with Gasteiger partial charge in [0.1, 0.15) is 4.60 Å². The maximum Gasteiger partial charge on any atom is 0.180 e. The lowest BCUT2D eigenvalue weighted by atomic mass is 10.3. The van der Waals surface area contributed by atoms with Gasteiger partial charge in [0.2, 0.25) is 0 Å². The molecule has 0 aliphatic rings. The van der Waals surface area contributed by atoms with Crippen LogP contribution >= 0.6 is 15.9 Å². The van der Waals surface area contributed by atoms with Crippen LogP contribution in [-0.2, 0) is 13.5 Å². The highest BCUT2D eigenvalue weighted by molar-refractivity contribution is 9.10. The topological polar surface area (TPSA) is 60.0 Å². The van der Waals surface area contributed by atoms with Crippen LogP contribution in [0.1, 0.15) is 12.6 Å². The number of halogens is 1. The summed E-state index contributed by atoms with van der Waals surface area (Å²) in [5, 5.41) is 7.71. The van der Waals surface area contributed by atoms with Crippen LogP contribution in [0.3, 0.4) is 0 Å². The molecule has 3 aromatic rings. The zero-order chi connectivity index (χ0) is 13.4. The van der Waals surface area contributed by atoms with E-state index in [1.165, 1.54) is 0 Å². The molecule has 0 aliphatic carbocycles. The second-order valence-corrected chi connectivity index (χ2v) is 5.02. The number of hydrogen-bond donors (Lipinski definition) is 1. The molecule has 7 heteroatoms. The van der Waals surface area contributed by atoms with Gasteiger partial charge < -0.3 is 9.72 Å². The Balaban J connectivity index is 2.07. The molecule has 3 aromatic heterocycles. The molecule has 0 radical (unpaired) electrons. The Morgan fingerprint density at radius 3 is 3.00 bits per heavy atom. The molecule has 0 amide bonds. The molecule has 0 spiro atoms. The average molecular weight is 321 g/mol. The lowest BCUT2D eigenvalue weighted by Gasteiger charge is -2.06. The first-order chi connectivity index (χ1) is 9.17. The molecule has 98 valence electrons. The highest BCUT2D eigenvalue weighted by Gasteiger charge is 2.11. The lowest BCUT2D eigenvalue weighted by molar-refractivity contribution is 0.746. The Labute approximate surface area is 118 Å². The van der Waals surface area contributed by atoms with E-state index in [9.17, 15) is 0 Å². The van der Waals surface area contributed by atoms with Crippen LogP contribution in [0.5, 0.6) is 0 Å². The first-order valence-corrected chi connectivity index (χ1v) is 6.75. The zero-order valence-electron chi connectivity index (χ0n) is 10.6. The fourth-order valence-electron chi connectivity index (χ4n) is 2.01. The van der Waals surface area contributed by atoms with Crippen LogP contribution in [0.25, 0.3) is 5.65 Å². The molecule has 3 heterocycles. The second-order valence-electron chi connectivity index (χ2n) is 4.21. The Morgan fingerprint density at radius 1 is 1.37 bits per heavy atom. The van der Waals surface area contributed by atoms with Gasteiger partial charge in [-0.05, 0) is 22.4 Å². The van der Waals surface area contributed by atoms with Crippen molar-refractivity contribution in [1.82, 2.24) is 24.1 Å². The van der Waals surface area contributed by atoms with Gasteiger partial charge in [-0.15, -0.1) is 0 Å². The third kappa shape index (κ3) is 2.21. The van der Waals surface area contributed by atoms with Crippen LogP contribution in [0, 0.1) is 0 Å². The number of rotatable bonds is 3. The quantitative estimate of drug-likeness (QED) is 0.805.